The fourth-order valence-electron chi connectivity index (χ4n) is 3.76. The summed E-state index contributed by atoms with van der Waals surface area (Å²) in [6, 6.07) is 14.0. The lowest BCUT2D eigenvalue weighted by Crippen LogP contribution is -2.42. The van der Waals surface area contributed by atoms with Gasteiger partial charge < -0.3 is 4.74 Å². The number of hydrogen-bond donors (Lipinski definition) is 0. The minimum absolute atomic E-state index is 0.0561. The van der Waals surface area contributed by atoms with Crippen LogP contribution < -0.4 is 0 Å². The molecule has 2 heterocycles. The van der Waals surface area contributed by atoms with Crippen molar-refractivity contribution in [1.29, 1.82) is 0 Å². The third kappa shape index (κ3) is 4.74. The molecule has 3 unspecified atom stereocenters. The van der Waals surface area contributed by atoms with E-state index >= 15 is 0 Å². The Morgan fingerprint density at radius 1 is 1.12 bits per heavy atom. The molecule has 3 aromatic rings. The molecule has 0 radical (unpaired) electrons. The van der Waals surface area contributed by atoms with Crippen LogP contribution in [0.1, 0.15) is 31.4 Å². The minimum Gasteiger partial charge on any atom is -0.324 e. The summed E-state index contributed by atoms with van der Waals surface area (Å²) in [4.78, 5) is 4.10. The van der Waals surface area contributed by atoms with E-state index in [4.69, 9.17) is 25.3 Å². The van der Waals surface area contributed by atoms with Gasteiger partial charge in [-0.25, -0.2) is 9.17 Å². The van der Waals surface area contributed by atoms with Crippen LogP contribution in [0.5, 0.6) is 0 Å². The molecule has 7 nitrogen and oxygen atoms in total. The maximum absolute atomic E-state index is 13.1. The van der Waals surface area contributed by atoms with Gasteiger partial charge in [-0.2, -0.15) is 8.42 Å². The quantitative estimate of drug-likeness (QED) is 0.462. The first-order valence-corrected chi connectivity index (χ1v) is 12.0. The molecule has 1 saturated heterocycles. The van der Waals surface area contributed by atoms with E-state index in [1.807, 2.05) is 31.2 Å². The molecule has 1 aromatic heterocycles. The van der Waals surface area contributed by atoms with Crippen LogP contribution in [0, 0.1) is 6.92 Å². The van der Waals surface area contributed by atoms with E-state index in [1.54, 1.807) is 49.3 Å². The second-order valence-electron chi connectivity index (χ2n) is 8.11. The Balaban J connectivity index is 1.61. The lowest BCUT2D eigenvalue weighted by Gasteiger charge is -2.29. The third-order valence-corrected chi connectivity index (χ3v) is 7.16. The summed E-state index contributed by atoms with van der Waals surface area (Å²) in [5.41, 5.74) is 1.99. The van der Waals surface area contributed by atoms with E-state index in [2.05, 4.69) is 4.98 Å². The zero-order valence-corrected chi connectivity index (χ0v) is 19.6. The fourth-order valence-corrected chi connectivity index (χ4v) is 5.03. The normalized spacial score (nSPS) is 25.8. The van der Waals surface area contributed by atoms with Gasteiger partial charge in [0.15, 0.2) is 0 Å². The lowest BCUT2D eigenvalue weighted by molar-refractivity contribution is -0.264. The molecule has 0 amide bonds. The molecule has 1 aliphatic rings. The van der Waals surface area contributed by atoms with Crippen molar-refractivity contribution in [3.8, 4) is 0 Å². The highest BCUT2D eigenvalue weighted by Gasteiger charge is 2.56. The molecule has 1 aliphatic heterocycles. The van der Waals surface area contributed by atoms with Gasteiger partial charge in [0.2, 0.25) is 5.79 Å². The summed E-state index contributed by atoms with van der Waals surface area (Å²) >= 11 is 5.98. The molecule has 0 spiro atoms. The molecule has 0 bridgehead atoms. The summed E-state index contributed by atoms with van der Waals surface area (Å²) < 4.78 is 45.9. The van der Waals surface area contributed by atoms with Crippen molar-refractivity contribution in [1.82, 2.24) is 9.55 Å². The van der Waals surface area contributed by atoms with E-state index in [9.17, 15) is 8.42 Å². The Morgan fingerprint density at radius 2 is 1.81 bits per heavy atom. The summed E-state index contributed by atoms with van der Waals surface area (Å²) in [7, 11) is -4.11. The molecule has 4 rings (SSSR count). The van der Waals surface area contributed by atoms with Crippen molar-refractivity contribution in [2.45, 2.75) is 56.3 Å². The number of ether oxygens (including phenoxy) is 2. The van der Waals surface area contributed by atoms with Crippen LogP contribution in [0.2, 0.25) is 5.02 Å². The molecule has 9 heteroatoms. The number of rotatable bonds is 7. The number of benzene rings is 2. The topological polar surface area (TPSA) is 79.7 Å². The van der Waals surface area contributed by atoms with Gasteiger partial charge in [-0.1, -0.05) is 41.4 Å². The van der Waals surface area contributed by atoms with Gasteiger partial charge in [0.1, 0.15) is 6.10 Å². The third-order valence-electron chi connectivity index (χ3n) is 5.50. The van der Waals surface area contributed by atoms with Gasteiger partial charge in [0.25, 0.3) is 16.0 Å². The highest BCUT2D eigenvalue weighted by molar-refractivity contribution is 7.86. The Morgan fingerprint density at radius 3 is 2.44 bits per heavy atom. The van der Waals surface area contributed by atoms with Crippen LogP contribution in [0.3, 0.4) is 0 Å². The predicted octanol–water partition coefficient (Wildman–Crippen LogP) is 4.65. The molecule has 1 fully saturated rings. The highest BCUT2D eigenvalue weighted by atomic mass is 35.5. The number of halogens is 1. The van der Waals surface area contributed by atoms with Crippen LogP contribution in [-0.4, -0.2) is 29.9 Å². The van der Waals surface area contributed by atoms with E-state index in [0.717, 1.165) is 11.1 Å². The van der Waals surface area contributed by atoms with E-state index in [1.165, 1.54) is 12.1 Å². The Labute approximate surface area is 193 Å². The zero-order chi connectivity index (χ0) is 23.0. The van der Waals surface area contributed by atoms with E-state index < -0.39 is 27.9 Å². The molecule has 170 valence electrons. The Bertz CT molecular complexity index is 1170. The number of aryl methyl sites for hydroxylation is 2. The first kappa shape index (κ1) is 22.9. The average Bonchev–Trinajstić information content (AvgIpc) is 3.35. The van der Waals surface area contributed by atoms with Crippen molar-refractivity contribution in [3.05, 3.63) is 83.4 Å². The van der Waals surface area contributed by atoms with Crippen molar-refractivity contribution >= 4 is 21.7 Å². The number of nitrogens with zero attached hydrogens (tertiary/aromatic N) is 2. The summed E-state index contributed by atoms with van der Waals surface area (Å²) in [5.74, 6) is -2.84. The second-order valence-corrected chi connectivity index (χ2v) is 10.1. The standard InChI is InChI=1S/C23H25ClN2O5S/c1-17-4-11-20(12-5-17)32(27,28)31-22(2)21(13-8-18-6-9-19(24)10-7-18)29-23(3,30-22)26-15-14-25-16-26/h4-7,9-12,14-16,21H,8,13H2,1-3H3. The molecule has 0 N–H and O–H groups in total. The summed E-state index contributed by atoms with van der Waals surface area (Å²) in [6.45, 7) is 5.18. The maximum atomic E-state index is 13.1. The predicted molar refractivity (Wildman–Crippen MR) is 119 cm³/mol. The highest BCUT2D eigenvalue weighted by Crippen LogP contribution is 2.43. The number of imidazole rings is 1. The maximum Gasteiger partial charge on any atom is 0.299 e. The van der Waals surface area contributed by atoms with Gasteiger partial charge >= 0.3 is 0 Å². The molecular formula is C23H25ClN2O5S. The van der Waals surface area contributed by atoms with Crippen LogP contribution in [0.4, 0.5) is 0 Å². The molecule has 32 heavy (non-hydrogen) atoms. The summed E-state index contributed by atoms with van der Waals surface area (Å²) in [5, 5.41) is 0.652. The molecular weight excluding hydrogens is 452 g/mol. The van der Waals surface area contributed by atoms with Crippen LogP contribution in [0.15, 0.2) is 72.1 Å². The van der Waals surface area contributed by atoms with Gasteiger partial charge in [0.05, 0.1) is 11.2 Å². The number of hydrogen-bond acceptors (Lipinski definition) is 6. The Hall–Kier alpha value is -2.23. The van der Waals surface area contributed by atoms with Crippen molar-refractivity contribution < 1.29 is 22.1 Å². The monoisotopic (exact) mass is 476 g/mol. The van der Waals surface area contributed by atoms with Crippen LogP contribution >= 0.6 is 11.6 Å². The molecule has 0 saturated carbocycles. The largest absolute Gasteiger partial charge is 0.324 e. The van der Waals surface area contributed by atoms with Gasteiger partial charge in [-0.05, 0) is 56.5 Å². The summed E-state index contributed by atoms with van der Waals surface area (Å²) in [6.07, 6.45) is 5.25. The smallest absolute Gasteiger partial charge is 0.299 e. The first-order chi connectivity index (χ1) is 15.1. The first-order valence-electron chi connectivity index (χ1n) is 10.2. The zero-order valence-electron chi connectivity index (χ0n) is 18.1. The van der Waals surface area contributed by atoms with Crippen molar-refractivity contribution in [3.63, 3.8) is 0 Å². The van der Waals surface area contributed by atoms with Crippen molar-refractivity contribution in [2.24, 2.45) is 0 Å². The second kappa shape index (κ2) is 8.61. The minimum atomic E-state index is -4.11. The average molecular weight is 477 g/mol. The Kier molecular flexibility index (Phi) is 6.17. The molecule has 2 aromatic carbocycles. The molecule has 3 atom stereocenters. The van der Waals surface area contributed by atoms with E-state index in [0.29, 0.717) is 17.9 Å². The number of aromatic nitrogens is 2. The van der Waals surface area contributed by atoms with Crippen LogP contribution in [-0.2, 0) is 36.1 Å². The lowest BCUT2D eigenvalue weighted by atomic mass is 10.0. The molecule has 0 aliphatic carbocycles. The van der Waals surface area contributed by atoms with Gasteiger partial charge in [0, 0.05) is 24.3 Å². The van der Waals surface area contributed by atoms with Crippen LogP contribution in [0.25, 0.3) is 0 Å². The van der Waals surface area contributed by atoms with E-state index in [-0.39, 0.29) is 4.90 Å². The van der Waals surface area contributed by atoms with Gasteiger partial charge in [-0.15, -0.1) is 0 Å². The van der Waals surface area contributed by atoms with Gasteiger partial charge in [-0.3, -0.25) is 9.30 Å². The SMILES string of the molecule is Cc1ccc(S(=O)(=O)OC2(C)OC(C)(n3ccnc3)OC2CCc2ccc(Cl)cc2)cc1. The van der Waals surface area contributed by atoms with Crippen molar-refractivity contribution in [2.75, 3.05) is 0 Å². The fraction of sp³-hybridized carbons (Fsp3) is 0.348.